The molecule has 0 fully saturated rings. The van der Waals surface area contributed by atoms with Crippen molar-refractivity contribution in [2.75, 3.05) is 18.1 Å². The summed E-state index contributed by atoms with van der Waals surface area (Å²) in [6.45, 7) is 2.87. The van der Waals surface area contributed by atoms with Crippen molar-refractivity contribution >= 4 is 45.2 Å². The number of amides is 1. The zero-order valence-corrected chi connectivity index (χ0v) is 15.1. The Kier molecular flexibility index (Phi) is 8.66. The molecule has 0 saturated heterocycles. The normalized spacial score (nSPS) is 12.2. The van der Waals surface area contributed by atoms with Gasteiger partial charge in [-0.15, -0.1) is 11.8 Å². The van der Waals surface area contributed by atoms with Gasteiger partial charge in [0.05, 0.1) is 10.6 Å². The maximum absolute atomic E-state index is 12.2. The molecule has 0 aliphatic rings. The van der Waals surface area contributed by atoms with E-state index in [1.165, 1.54) is 0 Å². The fourth-order valence-corrected chi connectivity index (χ4v) is 3.34. The Morgan fingerprint density at radius 3 is 2.80 bits per heavy atom. The number of halogens is 2. The molecule has 0 radical (unpaired) electrons. The summed E-state index contributed by atoms with van der Waals surface area (Å²) in [5, 5.41) is 4.48. The number of rotatable bonds is 8. The van der Waals surface area contributed by atoms with Crippen LogP contribution in [0.15, 0.2) is 23.1 Å². The highest BCUT2D eigenvalue weighted by atomic mass is 79.9. The van der Waals surface area contributed by atoms with Crippen molar-refractivity contribution in [1.29, 1.82) is 0 Å². The highest BCUT2D eigenvalue weighted by molar-refractivity contribution is 9.09. The zero-order valence-electron chi connectivity index (χ0n) is 11.9. The fourth-order valence-electron chi connectivity index (χ4n) is 2.05. The van der Waals surface area contributed by atoms with E-state index in [9.17, 15) is 4.79 Å². The van der Waals surface area contributed by atoms with Crippen LogP contribution in [0, 0.1) is 5.92 Å². The van der Waals surface area contributed by atoms with E-state index in [1.807, 2.05) is 18.4 Å². The first-order valence-electron chi connectivity index (χ1n) is 6.80. The molecular weight excluding hydrogens is 358 g/mol. The fraction of sp³-hybridized carbons (Fsp3) is 0.533. The average Bonchev–Trinajstić information content (AvgIpc) is 2.45. The summed E-state index contributed by atoms with van der Waals surface area (Å²) in [5.41, 5.74) is 0.563. The van der Waals surface area contributed by atoms with Gasteiger partial charge in [0.25, 0.3) is 5.91 Å². The summed E-state index contributed by atoms with van der Waals surface area (Å²) in [5.74, 6) is 0.437. The van der Waals surface area contributed by atoms with Gasteiger partial charge in [-0.05, 0) is 43.2 Å². The molecule has 2 nitrogen and oxygen atoms in total. The standard InChI is InChI=1S/C15H21BrClNOS/c1-3-4-11(7-8-16)10-18-15(19)13-9-12(20-2)5-6-14(13)17/h5-6,9,11H,3-4,7-8,10H2,1-2H3,(H,18,19). The minimum Gasteiger partial charge on any atom is -0.352 e. The molecule has 1 aromatic rings. The van der Waals surface area contributed by atoms with Crippen LogP contribution in [0.3, 0.4) is 0 Å². The Bertz CT molecular complexity index is 436. The summed E-state index contributed by atoms with van der Waals surface area (Å²) < 4.78 is 0. The van der Waals surface area contributed by atoms with Crippen molar-refractivity contribution in [3.8, 4) is 0 Å². The lowest BCUT2D eigenvalue weighted by Gasteiger charge is -2.16. The summed E-state index contributed by atoms with van der Waals surface area (Å²) in [6, 6.07) is 5.56. The number of benzene rings is 1. The van der Waals surface area contributed by atoms with Crippen LogP contribution >= 0.6 is 39.3 Å². The number of alkyl halides is 1. The van der Waals surface area contributed by atoms with Crippen LogP contribution in [0.25, 0.3) is 0 Å². The largest absolute Gasteiger partial charge is 0.352 e. The third-order valence-electron chi connectivity index (χ3n) is 3.18. The molecule has 0 aromatic heterocycles. The number of nitrogens with one attached hydrogen (secondary N) is 1. The summed E-state index contributed by atoms with van der Waals surface area (Å²) >= 11 is 11.2. The molecule has 0 aliphatic carbocycles. The smallest absolute Gasteiger partial charge is 0.252 e. The molecule has 1 rings (SSSR count). The number of hydrogen-bond acceptors (Lipinski definition) is 2. The lowest BCUT2D eigenvalue weighted by molar-refractivity contribution is 0.0946. The van der Waals surface area contributed by atoms with Crippen molar-refractivity contribution in [3.63, 3.8) is 0 Å². The van der Waals surface area contributed by atoms with Gasteiger partial charge >= 0.3 is 0 Å². The van der Waals surface area contributed by atoms with E-state index < -0.39 is 0 Å². The van der Waals surface area contributed by atoms with Crippen molar-refractivity contribution < 1.29 is 4.79 Å². The van der Waals surface area contributed by atoms with E-state index in [4.69, 9.17) is 11.6 Å². The van der Waals surface area contributed by atoms with Gasteiger partial charge in [-0.3, -0.25) is 4.79 Å². The first-order chi connectivity index (χ1) is 9.62. The van der Waals surface area contributed by atoms with Gasteiger partial charge in [0, 0.05) is 16.8 Å². The molecule has 1 N–H and O–H groups in total. The maximum Gasteiger partial charge on any atom is 0.252 e. The highest BCUT2D eigenvalue weighted by Gasteiger charge is 2.13. The molecule has 0 saturated carbocycles. The summed E-state index contributed by atoms with van der Waals surface area (Å²) in [6.07, 6.45) is 5.33. The second-order valence-corrected chi connectivity index (χ2v) is 6.77. The van der Waals surface area contributed by atoms with Crippen molar-refractivity contribution in [2.45, 2.75) is 31.1 Å². The Labute approximate surface area is 139 Å². The maximum atomic E-state index is 12.2. The lowest BCUT2D eigenvalue weighted by atomic mass is 10.0. The van der Waals surface area contributed by atoms with Crippen molar-refractivity contribution in [1.82, 2.24) is 5.32 Å². The van der Waals surface area contributed by atoms with E-state index in [-0.39, 0.29) is 5.91 Å². The topological polar surface area (TPSA) is 29.1 Å². The van der Waals surface area contributed by atoms with E-state index in [1.54, 1.807) is 17.8 Å². The number of carbonyl (C=O) groups is 1. The minimum atomic E-state index is -0.0819. The van der Waals surface area contributed by atoms with Gasteiger partial charge in [-0.2, -0.15) is 0 Å². The van der Waals surface area contributed by atoms with E-state index in [2.05, 4.69) is 28.2 Å². The van der Waals surface area contributed by atoms with E-state index in [0.717, 1.165) is 29.5 Å². The van der Waals surface area contributed by atoms with Gasteiger partial charge in [-0.25, -0.2) is 0 Å². The summed E-state index contributed by atoms with van der Waals surface area (Å²) in [7, 11) is 0. The Morgan fingerprint density at radius 1 is 1.45 bits per heavy atom. The molecule has 1 aromatic carbocycles. The van der Waals surface area contributed by atoms with Crippen LogP contribution in [0.1, 0.15) is 36.5 Å². The van der Waals surface area contributed by atoms with Crippen LogP contribution in [-0.2, 0) is 0 Å². The van der Waals surface area contributed by atoms with E-state index in [0.29, 0.717) is 23.0 Å². The molecule has 5 heteroatoms. The molecule has 0 heterocycles. The number of thioether (sulfide) groups is 1. The van der Waals surface area contributed by atoms with Gasteiger partial charge in [0.1, 0.15) is 0 Å². The van der Waals surface area contributed by atoms with Gasteiger partial charge in [-0.1, -0.05) is 40.9 Å². The van der Waals surface area contributed by atoms with Crippen molar-refractivity contribution in [2.24, 2.45) is 5.92 Å². The predicted molar refractivity (Wildman–Crippen MR) is 92.4 cm³/mol. The first-order valence-corrected chi connectivity index (χ1v) is 9.52. The molecule has 0 spiro atoms. The SMILES string of the molecule is CCCC(CCBr)CNC(=O)c1cc(SC)ccc1Cl. The molecular formula is C15H21BrClNOS. The second kappa shape index (κ2) is 9.69. The van der Waals surface area contributed by atoms with Crippen LogP contribution < -0.4 is 5.32 Å². The van der Waals surface area contributed by atoms with Crippen LogP contribution in [0.5, 0.6) is 0 Å². The Balaban J connectivity index is 2.65. The van der Waals surface area contributed by atoms with Gasteiger partial charge in [0.15, 0.2) is 0 Å². The second-order valence-electron chi connectivity index (χ2n) is 4.69. The minimum absolute atomic E-state index is 0.0819. The molecule has 1 unspecified atom stereocenters. The quantitative estimate of drug-likeness (QED) is 0.510. The summed E-state index contributed by atoms with van der Waals surface area (Å²) in [4.78, 5) is 13.3. The number of carbonyl (C=O) groups excluding carboxylic acids is 1. The van der Waals surface area contributed by atoms with Gasteiger partial charge in [0.2, 0.25) is 0 Å². The number of hydrogen-bond donors (Lipinski definition) is 1. The van der Waals surface area contributed by atoms with Crippen LogP contribution in [-0.4, -0.2) is 24.0 Å². The Morgan fingerprint density at radius 2 is 2.20 bits per heavy atom. The highest BCUT2D eigenvalue weighted by Crippen LogP contribution is 2.23. The van der Waals surface area contributed by atoms with E-state index >= 15 is 0 Å². The monoisotopic (exact) mass is 377 g/mol. The van der Waals surface area contributed by atoms with Crippen molar-refractivity contribution in [3.05, 3.63) is 28.8 Å². The average molecular weight is 379 g/mol. The molecule has 20 heavy (non-hydrogen) atoms. The molecule has 1 amide bonds. The molecule has 1 atom stereocenters. The molecule has 0 bridgehead atoms. The zero-order chi connectivity index (χ0) is 15.0. The Hall–Kier alpha value is -0.190. The molecule has 0 aliphatic heterocycles. The van der Waals surface area contributed by atoms with Gasteiger partial charge < -0.3 is 5.32 Å². The lowest BCUT2D eigenvalue weighted by Crippen LogP contribution is -2.29. The first kappa shape index (κ1) is 17.9. The van der Waals surface area contributed by atoms with Crippen LogP contribution in [0.2, 0.25) is 5.02 Å². The molecule has 112 valence electrons. The third kappa shape index (κ3) is 5.66. The van der Waals surface area contributed by atoms with Crippen LogP contribution in [0.4, 0.5) is 0 Å². The predicted octanol–water partition coefficient (Wildman–Crippen LogP) is 4.99. The third-order valence-corrected chi connectivity index (χ3v) is 4.70.